The molecule has 2 rings (SSSR count). The average Bonchev–Trinajstić information content (AvgIpc) is 2.77. The SMILES string of the molecule is CNC(c1ccc(Br)s1)c1ccc(Br)cc1C(F)(F)F. The zero-order valence-electron chi connectivity index (χ0n) is 10.3. The number of nitrogens with one attached hydrogen (secondary N) is 1. The Bertz CT molecular complexity index is 610. The summed E-state index contributed by atoms with van der Waals surface area (Å²) in [5, 5.41) is 2.95. The number of alkyl halides is 3. The third kappa shape index (κ3) is 3.44. The molecule has 0 fully saturated rings. The molecular formula is C13H10Br2F3NS. The maximum atomic E-state index is 13.2. The zero-order chi connectivity index (χ0) is 14.9. The first-order chi connectivity index (χ1) is 9.32. The molecule has 0 bridgehead atoms. The van der Waals surface area contributed by atoms with E-state index in [1.807, 2.05) is 12.1 Å². The van der Waals surface area contributed by atoms with Gasteiger partial charge in [-0.1, -0.05) is 22.0 Å². The molecule has 20 heavy (non-hydrogen) atoms. The molecule has 0 saturated heterocycles. The van der Waals surface area contributed by atoms with Gasteiger partial charge in [0.15, 0.2) is 0 Å². The van der Waals surface area contributed by atoms with Crippen molar-refractivity contribution in [2.75, 3.05) is 7.05 Å². The first-order valence-electron chi connectivity index (χ1n) is 5.62. The molecule has 1 aromatic heterocycles. The Morgan fingerprint density at radius 1 is 1.15 bits per heavy atom. The monoisotopic (exact) mass is 427 g/mol. The second-order valence-electron chi connectivity index (χ2n) is 4.09. The van der Waals surface area contributed by atoms with E-state index in [2.05, 4.69) is 37.2 Å². The number of hydrogen-bond donors (Lipinski definition) is 1. The lowest BCUT2D eigenvalue weighted by molar-refractivity contribution is -0.138. The molecule has 0 saturated carbocycles. The molecule has 1 unspecified atom stereocenters. The van der Waals surface area contributed by atoms with Crippen LogP contribution in [0.3, 0.4) is 0 Å². The van der Waals surface area contributed by atoms with E-state index in [0.717, 1.165) is 14.7 Å². The van der Waals surface area contributed by atoms with Crippen LogP contribution in [0, 0.1) is 0 Å². The number of hydrogen-bond acceptors (Lipinski definition) is 2. The van der Waals surface area contributed by atoms with Gasteiger partial charge in [0, 0.05) is 9.35 Å². The molecule has 0 aliphatic heterocycles. The second kappa shape index (κ2) is 6.17. The topological polar surface area (TPSA) is 12.0 Å². The predicted molar refractivity (Wildman–Crippen MR) is 82.1 cm³/mol. The fourth-order valence-electron chi connectivity index (χ4n) is 1.96. The fraction of sp³-hybridized carbons (Fsp3) is 0.231. The Hall–Kier alpha value is -0.370. The quantitative estimate of drug-likeness (QED) is 0.670. The van der Waals surface area contributed by atoms with Crippen molar-refractivity contribution in [1.29, 1.82) is 0 Å². The second-order valence-corrected chi connectivity index (χ2v) is 7.50. The van der Waals surface area contributed by atoms with Crippen molar-refractivity contribution in [3.63, 3.8) is 0 Å². The maximum Gasteiger partial charge on any atom is 0.416 e. The lowest BCUT2D eigenvalue weighted by atomic mass is 9.99. The van der Waals surface area contributed by atoms with Crippen molar-refractivity contribution >= 4 is 43.2 Å². The first kappa shape index (κ1) is 16.0. The van der Waals surface area contributed by atoms with Crippen molar-refractivity contribution in [2.45, 2.75) is 12.2 Å². The van der Waals surface area contributed by atoms with Crippen LogP contribution in [0.1, 0.15) is 22.0 Å². The molecule has 1 atom stereocenters. The van der Waals surface area contributed by atoms with Gasteiger partial charge in [-0.05, 0) is 52.8 Å². The van der Waals surface area contributed by atoms with Crippen LogP contribution in [0.4, 0.5) is 13.2 Å². The summed E-state index contributed by atoms with van der Waals surface area (Å²) in [5.74, 6) is 0. The molecule has 1 aromatic carbocycles. The smallest absolute Gasteiger partial charge is 0.309 e. The van der Waals surface area contributed by atoms with Crippen LogP contribution in [0.25, 0.3) is 0 Å². The predicted octanol–water partition coefficient (Wildman–Crippen LogP) is 5.60. The molecule has 1 nitrogen and oxygen atoms in total. The van der Waals surface area contributed by atoms with E-state index in [0.29, 0.717) is 4.47 Å². The minimum Gasteiger partial charge on any atom is -0.309 e. The Morgan fingerprint density at radius 2 is 1.85 bits per heavy atom. The van der Waals surface area contributed by atoms with Gasteiger partial charge in [0.2, 0.25) is 0 Å². The highest BCUT2D eigenvalue weighted by atomic mass is 79.9. The lowest BCUT2D eigenvalue weighted by Gasteiger charge is -2.20. The maximum absolute atomic E-state index is 13.2. The molecule has 1 heterocycles. The molecule has 0 radical (unpaired) electrons. The summed E-state index contributed by atoms with van der Waals surface area (Å²) in [6.07, 6.45) is -4.39. The molecule has 0 spiro atoms. The van der Waals surface area contributed by atoms with Gasteiger partial charge < -0.3 is 5.32 Å². The minimum atomic E-state index is -4.39. The number of rotatable bonds is 3. The summed E-state index contributed by atoms with van der Waals surface area (Å²) in [6, 6.07) is 7.40. The van der Waals surface area contributed by atoms with Gasteiger partial charge >= 0.3 is 6.18 Å². The van der Waals surface area contributed by atoms with Gasteiger partial charge in [0.25, 0.3) is 0 Å². The summed E-state index contributed by atoms with van der Waals surface area (Å²) < 4.78 is 40.9. The highest BCUT2D eigenvalue weighted by molar-refractivity contribution is 9.11. The average molecular weight is 429 g/mol. The highest BCUT2D eigenvalue weighted by Gasteiger charge is 2.35. The summed E-state index contributed by atoms with van der Waals surface area (Å²) in [6.45, 7) is 0. The van der Waals surface area contributed by atoms with Crippen LogP contribution in [0.15, 0.2) is 38.6 Å². The van der Waals surface area contributed by atoms with E-state index in [4.69, 9.17) is 0 Å². The molecule has 0 amide bonds. The van der Waals surface area contributed by atoms with E-state index < -0.39 is 17.8 Å². The third-order valence-electron chi connectivity index (χ3n) is 2.80. The van der Waals surface area contributed by atoms with Gasteiger partial charge in [-0.25, -0.2) is 0 Å². The van der Waals surface area contributed by atoms with Crippen molar-refractivity contribution < 1.29 is 13.2 Å². The highest BCUT2D eigenvalue weighted by Crippen LogP contribution is 2.39. The van der Waals surface area contributed by atoms with Gasteiger partial charge in [-0.15, -0.1) is 11.3 Å². The Labute approximate surface area is 135 Å². The van der Waals surface area contributed by atoms with Crippen LogP contribution in [-0.4, -0.2) is 7.05 Å². The van der Waals surface area contributed by atoms with E-state index in [9.17, 15) is 13.2 Å². The van der Waals surface area contributed by atoms with Gasteiger partial charge in [0.05, 0.1) is 15.4 Å². The zero-order valence-corrected chi connectivity index (χ0v) is 14.3. The third-order valence-corrected chi connectivity index (χ3v) is 4.98. The standard InChI is InChI=1S/C13H10Br2F3NS/c1-19-12(10-4-5-11(15)20-10)8-3-2-7(14)6-9(8)13(16,17)18/h2-6,12,19H,1H3. The van der Waals surface area contributed by atoms with Crippen LogP contribution < -0.4 is 5.32 Å². The molecule has 7 heteroatoms. The number of benzene rings is 1. The van der Waals surface area contributed by atoms with Crippen LogP contribution in [0.5, 0.6) is 0 Å². The minimum absolute atomic E-state index is 0.220. The molecule has 0 aliphatic rings. The lowest BCUT2D eigenvalue weighted by Crippen LogP contribution is -2.21. The van der Waals surface area contributed by atoms with Crippen molar-refractivity contribution in [1.82, 2.24) is 5.32 Å². The van der Waals surface area contributed by atoms with Crippen LogP contribution in [-0.2, 0) is 6.18 Å². The fourth-order valence-corrected chi connectivity index (χ4v) is 3.87. The van der Waals surface area contributed by atoms with Gasteiger partial charge in [-0.2, -0.15) is 13.2 Å². The van der Waals surface area contributed by atoms with E-state index in [1.165, 1.54) is 17.4 Å². The van der Waals surface area contributed by atoms with Crippen LogP contribution >= 0.6 is 43.2 Å². The normalized spacial score (nSPS) is 13.5. The molecule has 1 N–H and O–H groups in total. The summed E-state index contributed by atoms with van der Waals surface area (Å²) in [7, 11) is 1.65. The molecule has 108 valence electrons. The number of halogens is 5. The van der Waals surface area contributed by atoms with E-state index in [1.54, 1.807) is 13.1 Å². The number of thiophene rings is 1. The Balaban J connectivity index is 2.55. The van der Waals surface area contributed by atoms with Gasteiger partial charge in [-0.3, -0.25) is 0 Å². The Morgan fingerprint density at radius 3 is 2.35 bits per heavy atom. The first-order valence-corrected chi connectivity index (χ1v) is 8.02. The van der Waals surface area contributed by atoms with Crippen molar-refractivity contribution in [3.8, 4) is 0 Å². The van der Waals surface area contributed by atoms with Crippen LogP contribution in [0.2, 0.25) is 0 Å². The van der Waals surface area contributed by atoms with Gasteiger partial charge in [0.1, 0.15) is 0 Å². The van der Waals surface area contributed by atoms with Crippen molar-refractivity contribution in [2.24, 2.45) is 0 Å². The van der Waals surface area contributed by atoms with E-state index in [-0.39, 0.29) is 5.56 Å². The van der Waals surface area contributed by atoms with E-state index >= 15 is 0 Å². The molecule has 2 aromatic rings. The van der Waals surface area contributed by atoms with Crippen molar-refractivity contribution in [3.05, 3.63) is 54.6 Å². The summed E-state index contributed by atoms with van der Waals surface area (Å²) >= 11 is 7.84. The summed E-state index contributed by atoms with van der Waals surface area (Å²) in [5.41, 5.74) is -0.409. The molecule has 0 aliphatic carbocycles. The largest absolute Gasteiger partial charge is 0.416 e. The summed E-state index contributed by atoms with van der Waals surface area (Å²) in [4.78, 5) is 0.826. The molecular weight excluding hydrogens is 419 g/mol. The Kier molecular flexibility index (Phi) is 4.94.